The number of amides is 1. The summed E-state index contributed by atoms with van der Waals surface area (Å²) in [6, 6.07) is 1.75. The van der Waals surface area contributed by atoms with E-state index in [0.29, 0.717) is 18.3 Å². The van der Waals surface area contributed by atoms with Crippen molar-refractivity contribution in [2.24, 2.45) is 5.73 Å². The molecule has 1 aliphatic rings. The van der Waals surface area contributed by atoms with Gasteiger partial charge in [0.2, 0.25) is 11.9 Å². The van der Waals surface area contributed by atoms with Crippen LogP contribution >= 0.6 is 0 Å². The van der Waals surface area contributed by atoms with Gasteiger partial charge in [-0.3, -0.25) is 14.7 Å². The number of hydrogen-bond donors (Lipinski definition) is 2. The highest BCUT2D eigenvalue weighted by Crippen LogP contribution is 2.25. The molecule has 1 amide bonds. The number of primary amides is 1. The van der Waals surface area contributed by atoms with Gasteiger partial charge in [0.1, 0.15) is 0 Å². The summed E-state index contributed by atoms with van der Waals surface area (Å²) in [5.74, 6) is 1.04. The van der Waals surface area contributed by atoms with Gasteiger partial charge in [-0.1, -0.05) is 0 Å². The van der Waals surface area contributed by atoms with Gasteiger partial charge < -0.3 is 11.1 Å². The van der Waals surface area contributed by atoms with E-state index >= 15 is 0 Å². The molecule has 0 aromatic carbocycles. The van der Waals surface area contributed by atoms with Crippen LogP contribution in [-0.2, 0) is 4.79 Å². The Balaban J connectivity index is 1.70. The Bertz CT molecular complexity index is 664. The first kappa shape index (κ1) is 15.3. The van der Waals surface area contributed by atoms with Crippen LogP contribution in [0.15, 0.2) is 30.9 Å². The number of hydrogen-bond acceptors (Lipinski definition) is 7. The second-order valence-corrected chi connectivity index (χ2v) is 5.57. The minimum Gasteiger partial charge on any atom is -0.369 e. The summed E-state index contributed by atoms with van der Waals surface area (Å²) in [6.07, 6.45) is 8.78. The lowest BCUT2D eigenvalue weighted by Gasteiger charge is -2.31. The number of rotatable bonds is 5. The molecule has 0 spiro atoms. The smallest absolute Gasteiger partial charge is 0.231 e. The first-order chi connectivity index (χ1) is 11.2. The van der Waals surface area contributed by atoms with Crippen LogP contribution in [0.2, 0.25) is 0 Å². The molecule has 3 N–H and O–H groups in total. The number of nitrogens with two attached hydrogens (primary N) is 1. The van der Waals surface area contributed by atoms with Crippen LogP contribution in [0.25, 0.3) is 0 Å². The zero-order valence-electron chi connectivity index (χ0n) is 12.7. The van der Waals surface area contributed by atoms with Crippen LogP contribution in [0.5, 0.6) is 0 Å². The topological polar surface area (TPSA) is 110 Å². The number of piperidine rings is 1. The van der Waals surface area contributed by atoms with Crippen LogP contribution in [0, 0.1) is 0 Å². The van der Waals surface area contributed by atoms with Crippen molar-refractivity contribution < 1.29 is 4.79 Å². The van der Waals surface area contributed by atoms with Crippen LogP contribution in [0.4, 0.5) is 11.8 Å². The lowest BCUT2D eigenvalue weighted by molar-refractivity contribution is -0.119. The van der Waals surface area contributed by atoms with Crippen LogP contribution in [0.1, 0.15) is 24.5 Å². The van der Waals surface area contributed by atoms with Crippen molar-refractivity contribution in [1.82, 2.24) is 24.8 Å². The van der Waals surface area contributed by atoms with Gasteiger partial charge in [0.25, 0.3) is 0 Å². The fourth-order valence-corrected chi connectivity index (χ4v) is 2.78. The summed E-state index contributed by atoms with van der Waals surface area (Å²) >= 11 is 0. The lowest BCUT2D eigenvalue weighted by Crippen LogP contribution is -2.40. The maximum absolute atomic E-state index is 11.1. The van der Waals surface area contributed by atoms with Gasteiger partial charge in [-0.25, -0.2) is 15.0 Å². The molecule has 120 valence electrons. The number of carbonyl (C=O) groups is 1. The Morgan fingerprint density at radius 2 is 2.17 bits per heavy atom. The van der Waals surface area contributed by atoms with Crippen molar-refractivity contribution in [1.29, 1.82) is 0 Å². The zero-order chi connectivity index (χ0) is 16.1. The standard InChI is InChI=1S/C15H19N7O/c16-13(23)10-22-6-1-3-11(9-22)12-7-17-8-14(20-12)21-15-18-4-2-5-19-15/h2,4-5,7-8,11H,1,3,6,9-10H2,(H2,16,23)(H,18,19,20,21)/t11-/m0/s1. The number of likely N-dealkylation sites (tertiary alicyclic amines) is 1. The van der Waals surface area contributed by atoms with Crippen molar-refractivity contribution in [3.63, 3.8) is 0 Å². The van der Waals surface area contributed by atoms with Crippen molar-refractivity contribution in [2.75, 3.05) is 25.0 Å². The normalized spacial score (nSPS) is 18.5. The number of nitrogens with one attached hydrogen (secondary N) is 1. The molecule has 1 saturated heterocycles. The third kappa shape index (κ3) is 4.19. The Hall–Kier alpha value is -2.61. The Morgan fingerprint density at radius 1 is 1.35 bits per heavy atom. The van der Waals surface area contributed by atoms with E-state index < -0.39 is 0 Å². The van der Waals surface area contributed by atoms with E-state index in [4.69, 9.17) is 5.73 Å². The van der Waals surface area contributed by atoms with Crippen LogP contribution in [0.3, 0.4) is 0 Å². The molecule has 1 atom stereocenters. The molecule has 3 rings (SSSR count). The Labute approximate surface area is 134 Å². The van der Waals surface area contributed by atoms with Gasteiger partial charge in [0, 0.05) is 31.1 Å². The molecule has 0 unspecified atom stereocenters. The Morgan fingerprint density at radius 3 is 2.96 bits per heavy atom. The molecule has 3 heterocycles. The SMILES string of the molecule is NC(=O)CN1CCC[C@H](c2cncc(Nc3ncccn3)n2)C1. The number of aromatic nitrogens is 4. The summed E-state index contributed by atoms with van der Waals surface area (Å²) in [7, 11) is 0. The predicted molar refractivity (Wildman–Crippen MR) is 85.0 cm³/mol. The van der Waals surface area contributed by atoms with E-state index in [2.05, 4.69) is 30.2 Å². The highest BCUT2D eigenvalue weighted by molar-refractivity contribution is 5.75. The zero-order valence-corrected chi connectivity index (χ0v) is 12.7. The minimum absolute atomic E-state index is 0.244. The molecular formula is C15H19N7O. The molecule has 0 bridgehead atoms. The summed E-state index contributed by atoms with van der Waals surface area (Å²) in [4.78, 5) is 30.2. The van der Waals surface area contributed by atoms with Crippen molar-refractivity contribution in [2.45, 2.75) is 18.8 Å². The summed E-state index contributed by atoms with van der Waals surface area (Å²) in [5.41, 5.74) is 6.19. The molecule has 8 nitrogen and oxygen atoms in total. The number of anilines is 2. The van der Waals surface area contributed by atoms with Gasteiger partial charge in [-0.15, -0.1) is 0 Å². The van der Waals surface area contributed by atoms with Crippen molar-refractivity contribution >= 4 is 17.7 Å². The second-order valence-electron chi connectivity index (χ2n) is 5.57. The third-order valence-electron chi connectivity index (χ3n) is 3.76. The van der Waals surface area contributed by atoms with Gasteiger partial charge in [-0.05, 0) is 25.5 Å². The number of nitrogens with zero attached hydrogens (tertiary/aromatic N) is 5. The highest BCUT2D eigenvalue weighted by atomic mass is 16.1. The predicted octanol–water partition coefficient (Wildman–Crippen LogP) is 0.675. The summed E-state index contributed by atoms with van der Waals surface area (Å²) in [5, 5.41) is 3.04. The third-order valence-corrected chi connectivity index (χ3v) is 3.76. The first-order valence-electron chi connectivity index (χ1n) is 7.57. The quantitative estimate of drug-likeness (QED) is 0.835. The Kier molecular flexibility index (Phi) is 4.72. The van der Waals surface area contributed by atoms with Crippen LogP contribution in [-0.4, -0.2) is 50.4 Å². The molecule has 1 aliphatic heterocycles. The molecular weight excluding hydrogens is 294 g/mol. The summed E-state index contributed by atoms with van der Waals surface area (Å²) in [6.45, 7) is 1.95. The second kappa shape index (κ2) is 7.10. The van der Waals surface area contributed by atoms with E-state index in [1.54, 1.807) is 30.9 Å². The molecule has 0 aliphatic carbocycles. The average molecular weight is 313 g/mol. The molecule has 23 heavy (non-hydrogen) atoms. The molecule has 1 fully saturated rings. The molecule has 8 heteroatoms. The van der Waals surface area contributed by atoms with Gasteiger partial charge in [0.15, 0.2) is 5.82 Å². The van der Waals surface area contributed by atoms with Gasteiger partial charge in [0.05, 0.1) is 18.4 Å². The fraction of sp³-hybridized carbons (Fsp3) is 0.400. The molecule has 2 aromatic rings. The monoisotopic (exact) mass is 313 g/mol. The lowest BCUT2D eigenvalue weighted by atomic mass is 9.95. The maximum atomic E-state index is 11.1. The molecule has 2 aromatic heterocycles. The van der Waals surface area contributed by atoms with Crippen molar-refractivity contribution in [3.8, 4) is 0 Å². The average Bonchev–Trinajstić information content (AvgIpc) is 2.56. The van der Waals surface area contributed by atoms with E-state index in [1.165, 1.54) is 0 Å². The van der Waals surface area contributed by atoms with Gasteiger partial charge >= 0.3 is 0 Å². The fourth-order valence-electron chi connectivity index (χ4n) is 2.78. The summed E-state index contributed by atoms with van der Waals surface area (Å²) < 4.78 is 0. The van der Waals surface area contributed by atoms with E-state index in [-0.39, 0.29) is 11.8 Å². The van der Waals surface area contributed by atoms with Crippen LogP contribution < -0.4 is 11.1 Å². The van der Waals surface area contributed by atoms with Gasteiger partial charge in [-0.2, -0.15) is 0 Å². The van der Waals surface area contributed by atoms with E-state index in [9.17, 15) is 4.79 Å². The molecule has 0 saturated carbocycles. The van der Waals surface area contributed by atoms with E-state index in [1.807, 2.05) is 0 Å². The van der Waals surface area contributed by atoms with E-state index in [0.717, 1.165) is 31.6 Å². The number of carbonyl (C=O) groups excluding carboxylic acids is 1. The first-order valence-corrected chi connectivity index (χ1v) is 7.57. The molecule has 0 radical (unpaired) electrons. The van der Waals surface area contributed by atoms with Crippen molar-refractivity contribution in [3.05, 3.63) is 36.5 Å². The minimum atomic E-state index is -0.298. The largest absolute Gasteiger partial charge is 0.369 e. The highest BCUT2D eigenvalue weighted by Gasteiger charge is 2.23. The maximum Gasteiger partial charge on any atom is 0.231 e.